The van der Waals surface area contributed by atoms with E-state index in [4.69, 9.17) is 4.42 Å². The number of rotatable bonds is 5. The van der Waals surface area contributed by atoms with Gasteiger partial charge >= 0.3 is 0 Å². The number of hydrogen-bond donors (Lipinski definition) is 1. The lowest BCUT2D eigenvalue weighted by Gasteiger charge is -2.06. The standard InChI is InChI=1S/C18H16N4O/c1-2-7-18-17(6-1)15(11-23-18)10-19-9-14-4-3-5-16(8-14)22-13-20-12-21-22/h1-8,11-13,19H,9-10H2. The zero-order valence-corrected chi connectivity index (χ0v) is 12.5. The molecule has 2 aromatic carbocycles. The van der Waals surface area contributed by atoms with Crippen LogP contribution in [-0.4, -0.2) is 14.8 Å². The Morgan fingerprint density at radius 2 is 2.00 bits per heavy atom. The van der Waals surface area contributed by atoms with Crippen molar-refractivity contribution in [3.8, 4) is 5.69 Å². The summed E-state index contributed by atoms with van der Waals surface area (Å²) in [4.78, 5) is 3.98. The van der Waals surface area contributed by atoms with Crippen molar-refractivity contribution in [2.24, 2.45) is 0 Å². The average molecular weight is 304 g/mol. The van der Waals surface area contributed by atoms with Crippen molar-refractivity contribution in [2.45, 2.75) is 13.1 Å². The Balaban J connectivity index is 1.44. The third-order valence-corrected chi connectivity index (χ3v) is 3.80. The molecule has 0 amide bonds. The maximum Gasteiger partial charge on any atom is 0.138 e. The summed E-state index contributed by atoms with van der Waals surface area (Å²) in [5, 5.41) is 8.78. The molecule has 23 heavy (non-hydrogen) atoms. The molecule has 0 aliphatic heterocycles. The molecule has 0 spiro atoms. The lowest BCUT2D eigenvalue weighted by molar-refractivity contribution is 0.602. The number of fused-ring (bicyclic) bond motifs is 1. The van der Waals surface area contributed by atoms with Crippen molar-refractivity contribution in [1.82, 2.24) is 20.1 Å². The van der Waals surface area contributed by atoms with Gasteiger partial charge in [-0.15, -0.1) is 0 Å². The van der Waals surface area contributed by atoms with Crippen molar-refractivity contribution in [1.29, 1.82) is 0 Å². The van der Waals surface area contributed by atoms with Gasteiger partial charge in [-0.2, -0.15) is 5.10 Å². The van der Waals surface area contributed by atoms with Crippen LogP contribution in [0.3, 0.4) is 0 Å². The zero-order valence-electron chi connectivity index (χ0n) is 12.5. The van der Waals surface area contributed by atoms with Gasteiger partial charge in [0.1, 0.15) is 18.2 Å². The highest BCUT2D eigenvalue weighted by atomic mass is 16.3. The maximum atomic E-state index is 5.56. The molecule has 0 saturated heterocycles. The molecular formula is C18H16N4O. The van der Waals surface area contributed by atoms with Gasteiger partial charge in [-0.1, -0.05) is 30.3 Å². The van der Waals surface area contributed by atoms with Gasteiger partial charge in [0.2, 0.25) is 0 Å². The number of hydrogen-bond acceptors (Lipinski definition) is 4. The van der Waals surface area contributed by atoms with Gasteiger partial charge in [0.05, 0.1) is 12.0 Å². The van der Waals surface area contributed by atoms with Crippen LogP contribution in [0.25, 0.3) is 16.7 Å². The van der Waals surface area contributed by atoms with Crippen LogP contribution in [0.2, 0.25) is 0 Å². The van der Waals surface area contributed by atoms with E-state index in [0.717, 1.165) is 29.7 Å². The Morgan fingerprint density at radius 1 is 1.04 bits per heavy atom. The molecule has 0 unspecified atom stereocenters. The van der Waals surface area contributed by atoms with Gasteiger partial charge in [-0.05, 0) is 23.8 Å². The summed E-state index contributed by atoms with van der Waals surface area (Å²) in [5.41, 5.74) is 4.31. The molecule has 0 saturated carbocycles. The predicted octanol–water partition coefficient (Wildman–Crippen LogP) is 3.30. The normalized spacial score (nSPS) is 11.1. The molecule has 0 radical (unpaired) electrons. The molecule has 0 bridgehead atoms. The Kier molecular flexibility index (Phi) is 3.62. The molecule has 0 atom stereocenters. The Labute approximate surface area is 133 Å². The first-order valence-electron chi connectivity index (χ1n) is 7.50. The molecule has 114 valence electrons. The smallest absolute Gasteiger partial charge is 0.138 e. The van der Waals surface area contributed by atoms with Crippen LogP contribution in [0.1, 0.15) is 11.1 Å². The minimum absolute atomic E-state index is 0.768. The SMILES string of the molecule is c1cc(CNCc2coc3ccccc23)cc(-n2cncn2)c1. The minimum Gasteiger partial charge on any atom is -0.464 e. The first-order chi connectivity index (χ1) is 11.4. The highest BCUT2D eigenvalue weighted by Crippen LogP contribution is 2.20. The quantitative estimate of drug-likeness (QED) is 0.614. The fourth-order valence-electron chi connectivity index (χ4n) is 2.66. The first kappa shape index (κ1) is 13.7. The van der Waals surface area contributed by atoms with Gasteiger partial charge < -0.3 is 9.73 Å². The maximum absolute atomic E-state index is 5.56. The Hall–Kier alpha value is -2.92. The molecule has 2 heterocycles. The van der Waals surface area contributed by atoms with Gasteiger partial charge in [0, 0.05) is 24.0 Å². The largest absolute Gasteiger partial charge is 0.464 e. The van der Waals surface area contributed by atoms with Gasteiger partial charge in [0.25, 0.3) is 0 Å². The molecule has 1 N–H and O–H groups in total. The van der Waals surface area contributed by atoms with Crippen LogP contribution in [0.4, 0.5) is 0 Å². The predicted molar refractivity (Wildman–Crippen MR) is 88.1 cm³/mol. The van der Waals surface area contributed by atoms with Crippen LogP contribution in [-0.2, 0) is 13.1 Å². The number of benzene rings is 2. The number of furan rings is 1. The first-order valence-corrected chi connectivity index (χ1v) is 7.50. The Morgan fingerprint density at radius 3 is 2.91 bits per heavy atom. The molecule has 0 aliphatic rings. The van der Waals surface area contributed by atoms with Crippen LogP contribution in [0, 0.1) is 0 Å². The molecule has 4 aromatic rings. The van der Waals surface area contributed by atoms with Crippen LogP contribution in [0.5, 0.6) is 0 Å². The number of nitrogens with zero attached hydrogens (tertiary/aromatic N) is 3. The molecule has 5 nitrogen and oxygen atoms in total. The summed E-state index contributed by atoms with van der Waals surface area (Å²) >= 11 is 0. The fourth-order valence-corrected chi connectivity index (χ4v) is 2.66. The molecule has 2 aromatic heterocycles. The van der Waals surface area contributed by atoms with Crippen molar-refractivity contribution in [3.05, 3.63) is 78.6 Å². The number of aromatic nitrogens is 3. The summed E-state index contributed by atoms with van der Waals surface area (Å²) in [6, 6.07) is 16.3. The zero-order chi connectivity index (χ0) is 15.5. The minimum atomic E-state index is 0.768. The second-order valence-electron chi connectivity index (χ2n) is 5.37. The molecule has 4 rings (SSSR count). The molecular weight excluding hydrogens is 288 g/mol. The average Bonchev–Trinajstić information content (AvgIpc) is 3.25. The molecule has 0 aliphatic carbocycles. The lowest BCUT2D eigenvalue weighted by Crippen LogP contribution is -2.12. The lowest BCUT2D eigenvalue weighted by atomic mass is 10.1. The fraction of sp³-hybridized carbons (Fsp3) is 0.111. The van der Waals surface area contributed by atoms with E-state index in [0.29, 0.717) is 0 Å². The highest BCUT2D eigenvalue weighted by molar-refractivity contribution is 5.80. The monoisotopic (exact) mass is 304 g/mol. The van der Waals surface area contributed by atoms with E-state index < -0.39 is 0 Å². The molecule has 5 heteroatoms. The van der Waals surface area contributed by atoms with Gasteiger partial charge in [-0.3, -0.25) is 0 Å². The second-order valence-corrected chi connectivity index (χ2v) is 5.37. The van der Waals surface area contributed by atoms with Crippen LogP contribution < -0.4 is 5.32 Å². The van der Waals surface area contributed by atoms with Crippen molar-refractivity contribution < 1.29 is 4.42 Å². The van der Waals surface area contributed by atoms with Crippen molar-refractivity contribution >= 4 is 11.0 Å². The summed E-state index contributed by atoms with van der Waals surface area (Å²) in [7, 11) is 0. The van der Waals surface area contributed by atoms with E-state index in [9.17, 15) is 0 Å². The number of nitrogens with one attached hydrogen (secondary N) is 1. The van der Waals surface area contributed by atoms with E-state index >= 15 is 0 Å². The summed E-state index contributed by atoms with van der Waals surface area (Å²) in [5.74, 6) is 0. The van der Waals surface area contributed by atoms with Crippen LogP contribution in [0.15, 0.2) is 71.9 Å². The third kappa shape index (κ3) is 2.86. The Bertz CT molecular complexity index is 912. The third-order valence-electron chi connectivity index (χ3n) is 3.80. The van der Waals surface area contributed by atoms with Crippen LogP contribution >= 0.6 is 0 Å². The van der Waals surface area contributed by atoms with E-state index in [1.807, 2.05) is 36.6 Å². The van der Waals surface area contributed by atoms with Gasteiger partial charge in [0.15, 0.2) is 0 Å². The van der Waals surface area contributed by atoms with Crippen molar-refractivity contribution in [3.63, 3.8) is 0 Å². The van der Waals surface area contributed by atoms with E-state index in [2.05, 4.69) is 33.6 Å². The molecule has 0 fully saturated rings. The van der Waals surface area contributed by atoms with Crippen molar-refractivity contribution in [2.75, 3.05) is 0 Å². The van der Waals surface area contributed by atoms with E-state index in [-0.39, 0.29) is 0 Å². The number of para-hydroxylation sites is 1. The second kappa shape index (κ2) is 6.06. The van der Waals surface area contributed by atoms with E-state index in [1.165, 1.54) is 17.5 Å². The summed E-state index contributed by atoms with van der Waals surface area (Å²) < 4.78 is 7.32. The summed E-state index contributed by atoms with van der Waals surface area (Å²) in [6.07, 6.45) is 5.06. The summed E-state index contributed by atoms with van der Waals surface area (Å²) in [6.45, 7) is 1.55. The topological polar surface area (TPSA) is 55.9 Å². The highest BCUT2D eigenvalue weighted by Gasteiger charge is 2.05. The van der Waals surface area contributed by atoms with Gasteiger partial charge in [-0.25, -0.2) is 9.67 Å². The van der Waals surface area contributed by atoms with E-state index in [1.54, 1.807) is 11.0 Å².